The van der Waals surface area contributed by atoms with Crippen LogP contribution in [0, 0.1) is 0 Å². The van der Waals surface area contributed by atoms with Crippen LogP contribution in [0.15, 0.2) is 0 Å². The van der Waals surface area contributed by atoms with Crippen molar-refractivity contribution in [2.75, 3.05) is 38.3 Å². The number of rotatable bonds is 4. The summed E-state index contributed by atoms with van der Waals surface area (Å²) in [7, 11) is 1.68. The van der Waals surface area contributed by atoms with Gasteiger partial charge < -0.3 is 20.1 Å². The first-order valence-corrected chi connectivity index (χ1v) is 6.94. The first-order chi connectivity index (χ1) is 8.52. The molecule has 0 radical (unpaired) electrons. The molecule has 1 saturated heterocycles. The lowest BCUT2D eigenvalue weighted by Crippen LogP contribution is -2.36. The Morgan fingerprint density at radius 1 is 1.44 bits per heavy atom. The van der Waals surface area contributed by atoms with Gasteiger partial charge in [-0.1, -0.05) is 11.3 Å². The van der Waals surface area contributed by atoms with Gasteiger partial charge in [-0.2, -0.15) is 0 Å². The van der Waals surface area contributed by atoms with E-state index in [-0.39, 0.29) is 5.54 Å². The van der Waals surface area contributed by atoms with E-state index in [1.165, 1.54) is 0 Å². The second kappa shape index (κ2) is 5.52. The maximum Gasteiger partial charge on any atom is 0.186 e. The third-order valence-electron chi connectivity index (χ3n) is 2.83. The molecule has 102 valence electrons. The number of ether oxygens (including phenoxy) is 2. The maximum absolute atomic E-state index is 6.20. The number of methoxy groups -OCH3 is 1. The Bertz CT molecular complexity index is 395. The SMILES string of the molecule is COCc1nc(N2CCOCC2)sc1C(C)(C)N. The second-order valence-corrected chi connectivity index (χ2v) is 6.00. The predicted molar refractivity (Wildman–Crippen MR) is 73.1 cm³/mol. The molecule has 5 nitrogen and oxygen atoms in total. The fraction of sp³-hybridized carbons (Fsp3) is 0.750. The van der Waals surface area contributed by atoms with Gasteiger partial charge in [-0.05, 0) is 13.8 Å². The molecule has 0 bridgehead atoms. The van der Waals surface area contributed by atoms with Gasteiger partial charge in [-0.15, -0.1) is 0 Å². The first kappa shape index (κ1) is 13.7. The average Bonchev–Trinajstić information content (AvgIpc) is 2.75. The predicted octanol–water partition coefficient (Wildman–Crippen LogP) is 1.32. The lowest BCUT2D eigenvalue weighted by Gasteiger charge is -2.26. The van der Waals surface area contributed by atoms with Crippen molar-refractivity contribution < 1.29 is 9.47 Å². The lowest BCUT2D eigenvalue weighted by molar-refractivity contribution is 0.122. The van der Waals surface area contributed by atoms with Gasteiger partial charge in [0.1, 0.15) is 0 Å². The van der Waals surface area contributed by atoms with Crippen LogP contribution in [0.1, 0.15) is 24.4 Å². The van der Waals surface area contributed by atoms with Crippen LogP contribution in [0.3, 0.4) is 0 Å². The molecule has 0 spiro atoms. The normalized spacial score (nSPS) is 17.2. The molecule has 0 aliphatic carbocycles. The van der Waals surface area contributed by atoms with E-state index in [1.807, 2.05) is 13.8 Å². The fourth-order valence-electron chi connectivity index (χ4n) is 1.97. The van der Waals surface area contributed by atoms with Crippen molar-refractivity contribution >= 4 is 16.5 Å². The highest BCUT2D eigenvalue weighted by molar-refractivity contribution is 7.15. The topological polar surface area (TPSA) is 60.6 Å². The van der Waals surface area contributed by atoms with Crippen LogP contribution in [-0.2, 0) is 21.6 Å². The van der Waals surface area contributed by atoms with Gasteiger partial charge in [-0.3, -0.25) is 0 Å². The van der Waals surface area contributed by atoms with Crippen LogP contribution >= 0.6 is 11.3 Å². The largest absolute Gasteiger partial charge is 0.378 e. The van der Waals surface area contributed by atoms with E-state index in [0.29, 0.717) is 6.61 Å². The van der Waals surface area contributed by atoms with Crippen LogP contribution in [0.5, 0.6) is 0 Å². The Morgan fingerprint density at radius 3 is 2.67 bits per heavy atom. The number of morpholine rings is 1. The number of thiazole rings is 1. The Labute approximate surface area is 112 Å². The third-order valence-corrected chi connectivity index (χ3v) is 4.33. The summed E-state index contributed by atoms with van der Waals surface area (Å²) in [5, 5.41) is 1.03. The molecule has 2 heterocycles. The van der Waals surface area contributed by atoms with E-state index in [4.69, 9.17) is 15.2 Å². The van der Waals surface area contributed by atoms with E-state index in [2.05, 4.69) is 9.88 Å². The van der Waals surface area contributed by atoms with Crippen molar-refractivity contribution in [3.63, 3.8) is 0 Å². The quantitative estimate of drug-likeness (QED) is 0.895. The van der Waals surface area contributed by atoms with E-state index < -0.39 is 0 Å². The Balaban J connectivity index is 2.26. The Kier molecular flexibility index (Phi) is 4.21. The van der Waals surface area contributed by atoms with Crippen molar-refractivity contribution in [3.8, 4) is 0 Å². The van der Waals surface area contributed by atoms with Gasteiger partial charge in [0, 0.05) is 25.7 Å². The minimum Gasteiger partial charge on any atom is -0.378 e. The van der Waals surface area contributed by atoms with E-state index in [1.54, 1.807) is 18.4 Å². The summed E-state index contributed by atoms with van der Waals surface area (Å²) < 4.78 is 10.6. The van der Waals surface area contributed by atoms with Crippen molar-refractivity contribution in [2.45, 2.75) is 26.0 Å². The summed E-state index contributed by atoms with van der Waals surface area (Å²) in [6.45, 7) is 7.83. The summed E-state index contributed by atoms with van der Waals surface area (Å²) in [4.78, 5) is 8.03. The summed E-state index contributed by atoms with van der Waals surface area (Å²) >= 11 is 1.67. The van der Waals surface area contributed by atoms with E-state index in [0.717, 1.165) is 42.0 Å². The van der Waals surface area contributed by atoms with Crippen molar-refractivity contribution in [1.29, 1.82) is 0 Å². The molecule has 2 N–H and O–H groups in total. The molecule has 6 heteroatoms. The summed E-state index contributed by atoms with van der Waals surface area (Å²) in [6.07, 6.45) is 0. The zero-order valence-electron chi connectivity index (χ0n) is 11.2. The van der Waals surface area contributed by atoms with Gasteiger partial charge in [0.05, 0.1) is 30.4 Å². The van der Waals surface area contributed by atoms with Crippen molar-refractivity contribution in [2.24, 2.45) is 5.73 Å². The molecule has 1 aromatic heterocycles. The molecule has 0 unspecified atom stereocenters. The molecule has 0 atom stereocenters. The summed E-state index contributed by atoms with van der Waals surface area (Å²) in [5.74, 6) is 0. The molecule has 1 aliphatic heterocycles. The average molecular weight is 271 g/mol. The Hall–Kier alpha value is -0.690. The van der Waals surface area contributed by atoms with Gasteiger partial charge >= 0.3 is 0 Å². The minimum absolute atomic E-state index is 0.379. The first-order valence-electron chi connectivity index (χ1n) is 6.13. The van der Waals surface area contributed by atoms with Crippen LogP contribution in [-0.4, -0.2) is 38.4 Å². The monoisotopic (exact) mass is 271 g/mol. The molecule has 0 aromatic carbocycles. The number of hydrogen-bond donors (Lipinski definition) is 1. The standard InChI is InChI=1S/C12H21N3O2S/c1-12(2,13)10-9(8-16-3)14-11(18-10)15-4-6-17-7-5-15/h4-8,13H2,1-3H3. The molecule has 2 rings (SSSR count). The zero-order chi connectivity index (χ0) is 13.2. The number of nitrogens with zero attached hydrogens (tertiary/aromatic N) is 2. The van der Waals surface area contributed by atoms with Gasteiger partial charge in [0.2, 0.25) is 0 Å². The van der Waals surface area contributed by atoms with Gasteiger partial charge in [0.15, 0.2) is 5.13 Å². The molecule has 0 amide bonds. The lowest BCUT2D eigenvalue weighted by atomic mass is 10.0. The highest BCUT2D eigenvalue weighted by Gasteiger charge is 2.25. The number of hydrogen-bond acceptors (Lipinski definition) is 6. The molecule has 1 aromatic rings. The molecule has 1 fully saturated rings. The smallest absolute Gasteiger partial charge is 0.186 e. The highest BCUT2D eigenvalue weighted by Crippen LogP contribution is 2.33. The van der Waals surface area contributed by atoms with Crippen LogP contribution in [0.2, 0.25) is 0 Å². The highest BCUT2D eigenvalue weighted by atomic mass is 32.1. The maximum atomic E-state index is 6.20. The van der Waals surface area contributed by atoms with E-state index >= 15 is 0 Å². The molecule has 0 saturated carbocycles. The Morgan fingerprint density at radius 2 is 2.11 bits per heavy atom. The minimum atomic E-state index is -0.379. The van der Waals surface area contributed by atoms with Gasteiger partial charge in [0.25, 0.3) is 0 Å². The van der Waals surface area contributed by atoms with Crippen molar-refractivity contribution in [3.05, 3.63) is 10.6 Å². The molecule has 18 heavy (non-hydrogen) atoms. The van der Waals surface area contributed by atoms with Crippen LogP contribution < -0.4 is 10.6 Å². The van der Waals surface area contributed by atoms with Crippen LogP contribution in [0.4, 0.5) is 5.13 Å². The number of aromatic nitrogens is 1. The molecule has 1 aliphatic rings. The second-order valence-electron chi connectivity index (χ2n) is 5.03. The molecular weight excluding hydrogens is 250 g/mol. The number of anilines is 1. The number of nitrogens with two attached hydrogens (primary N) is 1. The molecular formula is C12H21N3O2S. The van der Waals surface area contributed by atoms with Crippen molar-refractivity contribution in [1.82, 2.24) is 4.98 Å². The fourth-order valence-corrected chi connectivity index (χ4v) is 3.10. The zero-order valence-corrected chi connectivity index (χ0v) is 12.0. The van der Waals surface area contributed by atoms with Gasteiger partial charge in [-0.25, -0.2) is 4.98 Å². The van der Waals surface area contributed by atoms with E-state index in [9.17, 15) is 0 Å². The van der Waals surface area contributed by atoms with Crippen LogP contribution in [0.25, 0.3) is 0 Å². The summed E-state index contributed by atoms with van der Waals surface area (Å²) in [6, 6.07) is 0. The summed E-state index contributed by atoms with van der Waals surface area (Å²) in [5.41, 5.74) is 6.78. The third kappa shape index (κ3) is 3.00.